The molecule has 0 unspecified atom stereocenters. The highest BCUT2D eigenvalue weighted by molar-refractivity contribution is 9.10. The smallest absolute Gasteiger partial charge is 0.168 e. The summed E-state index contributed by atoms with van der Waals surface area (Å²) < 4.78 is 23.9. The molecule has 0 atom stereocenters. The van der Waals surface area contributed by atoms with Crippen LogP contribution in [-0.4, -0.2) is 21.3 Å². The van der Waals surface area contributed by atoms with E-state index in [4.69, 9.17) is 18.9 Å². The first-order valence-electron chi connectivity index (χ1n) is 8.69. The van der Waals surface area contributed by atoms with Crippen molar-refractivity contribution < 1.29 is 18.9 Å². The first-order chi connectivity index (χ1) is 13.6. The molecule has 0 fully saturated rings. The van der Waals surface area contributed by atoms with Gasteiger partial charge in [0.15, 0.2) is 11.5 Å². The molecule has 5 heteroatoms. The van der Waals surface area contributed by atoms with Gasteiger partial charge >= 0.3 is 0 Å². The maximum atomic E-state index is 6.17. The third-order valence-electron chi connectivity index (χ3n) is 4.32. The van der Waals surface area contributed by atoms with E-state index in [1.165, 1.54) is 0 Å². The predicted molar refractivity (Wildman–Crippen MR) is 115 cm³/mol. The molecule has 0 aromatic heterocycles. The van der Waals surface area contributed by atoms with Gasteiger partial charge in [-0.15, -0.1) is 5.92 Å². The van der Waals surface area contributed by atoms with Crippen molar-refractivity contribution in [2.24, 2.45) is 0 Å². The molecular weight excluding hydrogens is 420 g/mol. The van der Waals surface area contributed by atoms with Crippen molar-refractivity contribution >= 4 is 26.7 Å². The highest BCUT2D eigenvalue weighted by atomic mass is 79.9. The molecule has 0 aliphatic heterocycles. The third kappa shape index (κ3) is 3.74. The van der Waals surface area contributed by atoms with Crippen molar-refractivity contribution in [1.29, 1.82) is 0 Å². The molecule has 144 valence electrons. The first kappa shape index (κ1) is 19.9. The van der Waals surface area contributed by atoms with Crippen LogP contribution in [0.15, 0.2) is 46.9 Å². The quantitative estimate of drug-likeness (QED) is 0.468. The number of benzene rings is 3. The Morgan fingerprint density at radius 3 is 2.21 bits per heavy atom. The molecular formula is C23H21BrO4. The summed E-state index contributed by atoms with van der Waals surface area (Å²) in [6.07, 6.45) is 0. The topological polar surface area (TPSA) is 36.9 Å². The lowest BCUT2D eigenvalue weighted by molar-refractivity contribution is 0.303. The molecule has 0 bridgehead atoms. The Hall–Kier alpha value is -2.84. The van der Waals surface area contributed by atoms with Crippen LogP contribution in [0.1, 0.15) is 18.1 Å². The monoisotopic (exact) mass is 440 g/mol. The van der Waals surface area contributed by atoms with Crippen molar-refractivity contribution in [3.05, 3.63) is 58.1 Å². The molecule has 0 N–H and O–H groups in total. The molecule has 0 spiro atoms. The maximum Gasteiger partial charge on any atom is 0.168 e. The van der Waals surface area contributed by atoms with Crippen molar-refractivity contribution in [1.82, 2.24) is 0 Å². The second-order valence-corrected chi connectivity index (χ2v) is 6.75. The highest BCUT2D eigenvalue weighted by Gasteiger charge is 2.22. The van der Waals surface area contributed by atoms with E-state index in [-0.39, 0.29) is 0 Å². The second-order valence-electron chi connectivity index (χ2n) is 5.95. The average Bonchev–Trinajstić information content (AvgIpc) is 2.73. The minimum atomic E-state index is 0.419. The van der Waals surface area contributed by atoms with Crippen molar-refractivity contribution in [3.8, 4) is 34.8 Å². The Morgan fingerprint density at radius 2 is 1.61 bits per heavy atom. The summed E-state index contributed by atoms with van der Waals surface area (Å²) in [6.45, 7) is 2.21. The highest BCUT2D eigenvalue weighted by Crippen LogP contribution is 2.48. The van der Waals surface area contributed by atoms with Crippen LogP contribution < -0.4 is 18.9 Å². The minimum Gasteiger partial charge on any atom is -0.495 e. The van der Waals surface area contributed by atoms with Gasteiger partial charge in [0.25, 0.3) is 0 Å². The van der Waals surface area contributed by atoms with Crippen molar-refractivity contribution in [2.45, 2.75) is 13.5 Å². The molecule has 3 aromatic carbocycles. The van der Waals surface area contributed by atoms with Gasteiger partial charge in [0, 0.05) is 17.0 Å². The van der Waals surface area contributed by atoms with Crippen LogP contribution in [0.25, 0.3) is 10.8 Å². The zero-order valence-electron chi connectivity index (χ0n) is 16.3. The summed E-state index contributed by atoms with van der Waals surface area (Å²) in [4.78, 5) is 0. The first-order valence-corrected chi connectivity index (χ1v) is 9.48. The zero-order valence-corrected chi connectivity index (χ0v) is 17.8. The molecule has 0 aliphatic carbocycles. The number of hydrogen-bond acceptors (Lipinski definition) is 4. The van der Waals surface area contributed by atoms with Crippen LogP contribution in [0, 0.1) is 11.8 Å². The van der Waals surface area contributed by atoms with Crippen LogP contribution in [0.5, 0.6) is 23.0 Å². The van der Waals surface area contributed by atoms with E-state index in [0.717, 1.165) is 26.4 Å². The Labute approximate surface area is 173 Å². The standard InChI is InChI=1S/C23H21BrO4/c1-5-9-16-12-17-20(23(27-4)21(16)24)18(13-19(25-2)22(17)26-3)28-14-15-10-7-6-8-11-15/h6-8,10-13H,14H2,1-4H3. The fraction of sp³-hybridized carbons (Fsp3) is 0.217. The normalized spacial score (nSPS) is 10.2. The summed E-state index contributed by atoms with van der Waals surface area (Å²) >= 11 is 3.62. The van der Waals surface area contributed by atoms with Gasteiger partial charge in [-0.2, -0.15) is 0 Å². The fourth-order valence-corrected chi connectivity index (χ4v) is 3.65. The molecule has 0 heterocycles. The second kappa shape index (κ2) is 8.90. The van der Waals surface area contributed by atoms with Gasteiger partial charge < -0.3 is 18.9 Å². The number of methoxy groups -OCH3 is 3. The van der Waals surface area contributed by atoms with Crippen LogP contribution in [-0.2, 0) is 6.61 Å². The van der Waals surface area contributed by atoms with Gasteiger partial charge in [0.1, 0.15) is 18.1 Å². The lowest BCUT2D eigenvalue weighted by Crippen LogP contribution is -2.01. The number of rotatable bonds is 6. The van der Waals surface area contributed by atoms with Crippen molar-refractivity contribution in [3.63, 3.8) is 0 Å². The van der Waals surface area contributed by atoms with E-state index in [0.29, 0.717) is 29.6 Å². The molecule has 0 amide bonds. The van der Waals surface area contributed by atoms with Gasteiger partial charge in [-0.3, -0.25) is 0 Å². The van der Waals surface area contributed by atoms with Gasteiger partial charge in [-0.1, -0.05) is 36.3 Å². The maximum absolute atomic E-state index is 6.17. The van der Waals surface area contributed by atoms with E-state index >= 15 is 0 Å². The lowest BCUT2D eigenvalue weighted by Gasteiger charge is -2.19. The molecule has 0 radical (unpaired) electrons. The van der Waals surface area contributed by atoms with E-state index in [9.17, 15) is 0 Å². The van der Waals surface area contributed by atoms with Gasteiger partial charge in [-0.05, 0) is 34.5 Å². The summed E-state index contributed by atoms with van der Waals surface area (Å²) in [5, 5.41) is 1.60. The van der Waals surface area contributed by atoms with Crippen LogP contribution in [0.2, 0.25) is 0 Å². The predicted octanol–water partition coefficient (Wildman–Crippen LogP) is 5.58. The molecule has 0 aliphatic rings. The number of halogens is 1. The SMILES string of the molecule is CC#Cc1cc2c(OC)c(OC)cc(OCc3ccccc3)c2c(OC)c1Br. The minimum absolute atomic E-state index is 0.419. The number of ether oxygens (including phenoxy) is 4. The Kier molecular flexibility index (Phi) is 6.33. The zero-order chi connectivity index (χ0) is 20.1. The largest absolute Gasteiger partial charge is 0.495 e. The molecule has 3 aromatic rings. The summed E-state index contributed by atoms with van der Waals surface area (Å²) in [5.41, 5.74) is 1.87. The van der Waals surface area contributed by atoms with Gasteiger partial charge in [0.2, 0.25) is 0 Å². The van der Waals surface area contributed by atoms with Crippen molar-refractivity contribution in [2.75, 3.05) is 21.3 Å². The van der Waals surface area contributed by atoms with Crippen LogP contribution in [0.3, 0.4) is 0 Å². The number of fused-ring (bicyclic) bond motifs is 1. The average molecular weight is 441 g/mol. The molecule has 0 saturated heterocycles. The summed E-state index contributed by atoms with van der Waals surface area (Å²) in [6, 6.07) is 13.8. The Balaban J connectivity index is 2.26. The van der Waals surface area contributed by atoms with Crippen LogP contribution >= 0.6 is 15.9 Å². The van der Waals surface area contributed by atoms with Gasteiger partial charge in [0.05, 0.1) is 31.2 Å². The molecule has 28 heavy (non-hydrogen) atoms. The third-order valence-corrected chi connectivity index (χ3v) is 5.11. The summed E-state index contributed by atoms with van der Waals surface area (Å²) in [7, 11) is 4.84. The van der Waals surface area contributed by atoms with Gasteiger partial charge in [-0.25, -0.2) is 0 Å². The summed E-state index contributed by atoms with van der Waals surface area (Å²) in [5.74, 6) is 8.49. The fourth-order valence-electron chi connectivity index (χ4n) is 3.08. The lowest BCUT2D eigenvalue weighted by atomic mass is 10.0. The van der Waals surface area contributed by atoms with E-state index in [1.54, 1.807) is 28.3 Å². The Bertz CT molecular complexity index is 1050. The van der Waals surface area contributed by atoms with E-state index in [1.807, 2.05) is 42.5 Å². The van der Waals surface area contributed by atoms with E-state index < -0.39 is 0 Å². The molecule has 0 saturated carbocycles. The Morgan fingerprint density at radius 1 is 0.893 bits per heavy atom. The van der Waals surface area contributed by atoms with Crippen LogP contribution in [0.4, 0.5) is 0 Å². The van der Waals surface area contributed by atoms with E-state index in [2.05, 4.69) is 27.8 Å². The molecule has 4 nitrogen and oxygen atoms in total. The number of hydrogen-bond donors (Lipinski definition) is 0. The molecule has 3 rings (SSSR count).